The summed E-state index contributed by atoms with van der Waals surface area (Å²) in [5, 5.41) is 7.17. The number of hydrogen-bond donors (Lipinski definition) is 0. The van der Waals surface area contributed by atoms with Crippen molar-refractivity contribution in [3.63, 3.8) is 0 Å². The SMILES string of the molecule is c1ccc(-c2cc3cc4c(cc(-c5ccccc5)n4-c4ccc(N(c5ccccc5)c5cccc6ccccc56)cc4)cc3n2-c2ccc(N(c3ccccc3)c3cccc4ccccc34)cc2)cc1. The van der Waals surface area contributed by atoms with E-state index in [1.807, 2.05) is 0 Å². The number of fused-ring (bicyclic) bond motifs is 4. The molecule has 70 heavy (non-hydrogen) atoms. The van der Waals surface area contributed by atoms with Crippen molar-refractivity contribution in [1.29, 1.82) is 0 Å². The van der Waals surface area contributed by atoms with Crippen molar-refractivity contribution in [3.8, 4) is 33.9 Å². The average molecular weight is 895 g/mol. The van der Waals surface area contributed by atoms with Crippen LogP contribution in [0.5, 0.6) is 0 Å². The zero-order valence-corrected chi connectivity index (χ0v) is 38.3. The summed E-state index contributed by atoms with van der Waals surface area (Å²) in [4.78, 5) is 4.73. The van der Waals surface area contributed by atoms with Crippen molar-refractivity contribution in [1.82, 2.24) is 9.13 Å². The van der Waals surface area contributed by atoms with Gasteiger partial charge in [0.15, 0.2) is 0 Å². The highest BCUT2D eigenvalue weighted by Crippen LogP contribution is 2.43. The molecule has 0 amide bonds. The first-order valence-corrected chi connectivity index (χ1v) is 23.9. The smallest absolute Gasteiger partial charge is 0.0542 e. The van der Waals surface area contributed by atoms with Gasteiger partial charge in [-0.15, -0.1) is 0 Å². The van der Waals surface area contributed by atoms with Gasteiger partial charge in [0.05, 0.1) is 33.8 Å². The summed E-state index contributed by atoms with van der Waals surface area (Å²) in [6.07, 6.45) is 0. The fourth-order valence-electron chi connectivity index (χ4n) is 10.4. The number of nitrogens with zero attached hydrogens (tertiary/aromatic N) is 4. The van der Waals surface area contributed by atoms with E-state index < -0.39 is 0 Å². The zero-order valence-electron chi connectivity index (χ0n) is 38.3. The van der Waals surface area contributed by atoms with Crippen LogP contribution in [0.1, 0.15) is 0 Å². The summed E-state index contributed by atoms with van der Waals surface area (Å²) in [7, 11) is 0. The van der Waals surface area contributed by atoms with E-state index in [0.29, 0.717) is 0 Å². The lowest BCUT2D eigenvalue weighted by Gasteiger charge is -2.27. The average Bonchev–Trinajstić information content (AvgIpc) is 4.00. The minimum Gasteiger partial charge on any atom is -0.310 e. The van der Waals surface area contributed by atoms with Crippen molar-refractivity contribution >= 4 is 77.5 Å². The molecule has 2 heterocycles. The van der Waals surface area contributed by atoms with Gasteiger partial charge in [-0.05, 0) is 131 Å². The van der Waals surface area contributed by atoms with E-state index >= 15 is 0 Å². The number of anilines is 6. The molecule has 0 radical (unpaired) electrons. The minimum atomic E-state index is 1.09. The predicted octanol–water partition coefficient (Wildman–Crippen LogP) is 18.2. The van der Waals surface area contributed by atoms with Gasteiger partial charge in [0.2, 0.25) is 0 Å². The summed E-state index contributed by atoms with van der Waals surface area (Å²) in [5.74, 6) is 0. The first-order valence-electron chi connectivity index (χ1n) is 23.9. The minimum absolute atomic E-state index is 1.09. The second kappa shape index (κ2) is 17.4. The zero-order chi connectivity index (χ0) is 46.4. The number of hydrogen-bond acceptors (Lipinski definition) is 2. The van der Waals surface area contributed by atoms with Gasteiger partial charge in [-0.3, -0.25) is 0 Å². The van der Waals surface area contributed by atoms with E-state index in [4.69, 9.17) is 0 Å². The van der Waals surface area contributed by atoms with Crippen LogP contribution >= 0.6 is 0 Å². The van der Waals surface area contributed by atoms with Crippen molar-refractivity contribution in [2.45, 2.75) is 0 Å². The fraction of sp³-hybridized carbons (Fsp3) is 0. The Labute approximate surface area is 407 Å². The first kappa shape index (κ1) is 40.9. The van der Waals surface area contributed by atoms with Crippen LogP contribution in [0.15, 0.2) is 279 Å². The van der Waals surface area contributed by atoms with Gasteiger partial charge < -0.3 is 18.9 Å². The number of para-hydroxylation sites is 2. The Morgan fingerprint density at radius 3 is 0.971 bits per heavy atom. The van der Waals surface area contributed by atoms with Gasteiger partial charge in [-0.2, -0.15) is 0 Å². The molecule has 11 aromatic carbocycles. The molecule has 4 nitrogen and oxygen atoms in total. The van der Waals surface area contributed by atoms with Crippen LogP contribution in [0.25, 0.3) is 77.2 Å². The highest BCUT2D eigenvalue weighted by molar-refractivity contribution is 6.03. The van der Waals surface area contributed by atoms with E-state index in [1.54, 1.807) is 0 Å². The lowest BCUT2D eigenvalue weighted by atomic mass is 10.1. The highest BCUT2D eigenvalue weighted by atomic mass is 15.2. The first-order chi connectivity index (χ1) is 34.7. The summed E-state index contributed by atoms with van der Waals surface area (Å²) in [6, 6.07) is 101. The molecule has 0 saturated carbocycles. The van der Waals surface area contributed by atoms with Gasteiger partial charge in [0.25, 0.3) is 0 Å². The van der Waals surface area contributed by atoms with Crippen LogP contribution < -0.4 is 9.80 Å². The molecule has 0 saturated heterocycles. The molecule has 0 bridgehead atoms. The number of rotatable bonds is 10. The Kier molecular flexibility index (Phi) is 10.1. The largest absolute Gasteiger partial charge is 0.310 e. The molecule has 0 unspecified atom stereocenters. The molecule has 0 aliphatic heterocycles. The molecular formula is C66H46N4. The van der Waals surface area contributed by atoms with Crippen LogP contribution in [0.3, 0.4) is 0 Å². The van der Waals surface area contributed by atoms with Gasteiger partial charge in [-0.1, -0.05) is 170 Å². The summed E-state index contributed by atoms with van der Waals surface area (Å²) in [5.41, 5.74) is 15.8. The Hall–Kier alpha value is -9.38. The van der Waals surface area contributed by atoms with Crippen LogP contribution in [0, 0.1) is 0 Å². The van der Waals surface area contributed by atoms with Gasteiger partial charge in [0, 0.05) is 55.7 Å². The maximum Gasteiger partial charge on any atom is 0.0542 e. The standard InChI is InChI=1S/C66H46N4/c1-5-21-49(22-6-1)63-43-51-45-66-52(46-65(51)69(63)57-39-35-55(36-40-57)67(53-27-9-3-10-28-53)61-33-17-25-47-19-13-15-31-59(47)61)44-64(50-23-7-2-8-24-50)70(66)58-41-37-56(38-42-58)68(54-29-11-4-12-30-54)62-34-18-26-48-20-14-16-32-60(48)62/h1-46H. The molecule has 0 fully saturated rings. The predicted molar refractivity (Wildman–Crippen MR) is 295 cm³/mol. The van der Waals surface area contributed by atoms with Gasteiger partial charge in [-0.25, -0.2) is 0 Å². The molecule has 13 rings (SSSR count). The second-order valence-electron chi connectivity index (χ2n) is 17.8. The van der Waals surface area contributed by atoms with E-state index in [-0.39, 0.29) is 0 Å². The lowest BCUT2D eigenvalue weighted by Crippen LogP contribution is -2.10. The summed E-state index contributed by atoms with van der Waals surface area (Å²) >= 11 is 0. The maximum absolute atomic E-state index is 2.43. The topological polar surface area (TPSA) is 16.3 Å². The third-order valence-electron chi connectivity index (χ3n) is 13.6. The van der Waals surface area contributed by atoms with E-state index in [2.05, 4.69) is 298 Å². The molecule has 0 N–H and O–H groups in total. The fourth-order valence-corrected chi connectivity index (χ4v) is 10.4. The molecule has 0 atom stereocenters. The normalized spacial score (nSPS) is 11.4. The third kappa shape index (κ3) is 7.18. The Bertz CT molecular complexity index is 3700. The van der Waals surface area contributed by atoms with E-state index in [1.165, 1.54) is 32.3 Å². The Morgan fingerprint density at radius 2 is 0.571 bits per heavy atom. The molecule has 0 spiro atoms. The van der Waals surface area contributed by atoms with Gasteiger partial charge >= 0.3 is 0 Å². The summed E-state index contributed by atoms with van der Waals surface area (Å²) in [6.45, 7) is 0. The molecule has 2 aromatic heterocycles. The third-order valence-corrected chi connectivity index (χ3v) is 13.6. The monoisotopic (exact) mass is 894 g/mol. The van der Waals surface area contributed by atoms with Crippen LogP contribution in [-0.4, -0.2) is 9.13 Å². The number of aromatic nitrogens is 2. The lowest BCUT2D eigenvalue weighted by molar-refractivity contribution is 1.13. The highest BCUT2D eigenvalue weighted by Gasteiger charge is 2.21. The van der Waals surface area contributed by atoms with Crippen molar-refractivity contribution in [2.75, 3.05) is 9.80 Å². The molecule has 4 heteroatoms. The second-order valence-corrected chi connectivity index (χ2v) is 17.8. The maximum atomic E-state index is 2.43. The number of benzene rings is 11. The van der Waals surface area contributed by atoms with E-state index in [0.717, 1.165) is 79.0 Å². The molecule has 330 valence electrons. The quantitative estimate of drug-likeness (QED) is 0.136. The van der Waals surface area contributed by atoms with Crippen LogP contribution in [-0.2, 0) is 0 Å². The van der Waals surface area contributed by atoms with E-state index in [9.17, 15) is 0 Å². The molecule has 0 aliphatic carbocycles. The van der Waals surface area contributed by atoms with Crippen molar-refractivity contribution in [2.24, 2.45) is 0 Å². The Morgan fingerprint density at radius 1 is 0.243 bits per heavy atom. The van der Waals surface area contributed by atoms with Crippen LogP contribution in [0.2, 0.25) is 0 Å². The Balaban J connectivity index is 0.961. The van der Waals surface area contributed by atoms with Crippen LogP contribution in [0.4, 0.5) is 34.1 Å². The molecule has 13 aromatic rings. The van der Waals surface area contributed by atoms with Crippen molar-refractivity contribution < 1.29 is 0 Å². The van der Waals surface area contributed by atoms with Crippen molar-refractivity contribution in [3.05, 3.63) is 279 Å². The summed E-state index contributed by atoms with van der Waals surface area (Å²) < 4.78 is 4.86. The molecular weight excluding hydrogens is 849 g/mol. The molecule has 0 aliphatic rings. The van der Waals surface area contributed by atoms with Gasteiger partial charge in [0.1, 0.15) is 0 Å².